The molecule has 11 heavy (non-hydrogen) atoms. The van der Waals surface area contributed by atoms with Crippen LogP contribution in [-0.4, -0.2) is 28.0 Å². The van der Waals surface area contributed by atoms with Gasteiger partial charge in [0, 0.05) is 11.8 Å². The van der Waals surface area contributed by atoms with Gasteiger partial charge < -0.3 is 9.90 Å². The predicted molar refractivity (Wildman–Crippen MR) is 40.4 cm³/mol. The van der Waals surface area contributed by atoms with Gasteiger partial charge in [0.2, 0.25) is 0 Å². The van der Waals surface area contributed by atoms with Crippen molar-refractivity contribution in [3.05, 3.63) is 0 Å². The number of carbonyl (C=O) groups is 1. The summed E-state index contributed by atoms with van der Waals surface area (Å²) in [5, 5.41) is 11.9. The summed E-state index contributed by atoms with van der Waals surface area (Å²) in [6.07, 6.45) is 0.00521. The second kappa shape index (κ2) is 2.10. The molecule has 3 nitrogen and oxygen atoms in total. The van der Waals surface area contributed by atoms with E-state index in [1.807, 2.05) is 0 Å². The average molecular weight is 196 g/mol. The highest BCUT2D eigenvalue weighted by molar-refractivity contribution is 6.51. The second-order valence-electron chi connectivity index (χ2n) is 3.00. The Balaban J connectivity index is 2.18. The molecule has 1 aliphatic carbocycles. The van der Waals surface area contributed by atoms with E-state index in [1.54, 1.807) is 0 Å². The van der Waals surface area contributed by atoms with E-state index in [2.05, 4.69) is 5.32 Å². The fraction of sp³-hybridized carbons (Fsp3) is 0.833. The number of fused-ring (bicyclic) bond motifs is 1. The third-order valence-electron chi connectivity index (χ3n) is 2.40. The van der Waals surface area contributed by atoms with E-state index in [9.17, 15) is 9.90 Å². The van der Waals surface area contributed by atoms with E-state index in [4.69, 9.17) is 23.2 Å². The van der Waals surface area contributed by atoms with Gasteiger partial charge in [-0.15, -0.1) is 23.2 Å². The molecule has 2 aliphatic rings. The van der Waals surface area contributed by atoms with Crippen LogP contribution in [0.25, 0.3) is 0 Å². The Kier molecular flexibility index (Phi) is 1.49. The highest BCUT2D eigenvalue weighted by Crippen LogP contribution is 2.64. The summed E-state index contributed by atoms with van der Waals surface area (Å²) < 4.78 is -0.893. The molecule has 1 unspecified atom stereocenters. The summed E-state index contributed by atoms with van der Waals surface area (Å²) in [7, 11) is 0. The third kappa shape index (κ3) is 0.855. The summed E-state index contributed by atoms with van der Waals surface area (Å²) >= 11 is 11.6. The van der Waals surface area contributed by atoms with Crippen molar-refractivity contribution in [2.24, 2.45) is 11.8 Å². The van der Waals surface area contributed by atoms with Crippen LogP contribution >= 0.6 is 23.2 Å². The van der Waals surface area contributed by atoms with E-state index in [-0.39, 0.29) is 17.9 Å². The monoisotopic (exact) mass is 195 g/mol. The summed E-state index contributed by atoms with van der Waals surface area (Å²) in [4.78, 5) is 10.4. The summed E-state index contributed by atoms with van der Waals surface area (Å²) in [6, 6.07) is -0.384. The number of piperidine rings is 1. The largest absolute Gasteiger partial charge is 0.378 e. The standard InChI is InChI=1S/C6H7Cl2NO2/c7-6(8)3-2(1-10)9-5(11)4(3)6/h1-5,9,11H/t2-,3-,4-,5?/m1/s1. The number of carbonyl (C=O) groups excluding carboxylic acids is 1. The fourth-order valence-electron chi connectivity index (χ4n) is 1.77. The van der Waals surface area contributed by atoms with Crippen LogP contribution in [0.5, 0.6) is 0 Å². The SMILES string of the molecule is O=C[C@H]1NC(O)[C@H]2[C@@H]1C2(Cl)Cl. The van der Waals surface area contributed by atoms with E-state index in [0.29, 0.717) is 0 Å². The molecule has 1 aliphatic heterocycles. The molecule has 2 fully saturated rings. The zero-order chi connectivity index (χ0) is 8.22. The maximum absolute atomic E-state index is 10.4. The zero-order valence-corrected chi connectivity index (χ0v) is 7.01. The first-order chi connectivity index (χ1) is 5.09. The summed E-state index contributed by atoms with van der Waals surface area (Å²) in [5.41, 5.74) is 0. The smallest absolute Gasteiger partial charge is 0.137 e. The molecule has 1 heterocycles. The van der Waals surface area contributed by atoms with Crippen molar-refractivity contribution in [2.45, 2.75) is 16.6 Å². The first-order valence-electron chi connectivity index (χ1n) is 3.36. The summed E-state index contributed by atoms with van der Waals surface area (Å²) in [6.45, 7) is 0. The average Bonchev–Trinajstić information content (AvgIpc) is 2.37. The lowest BCUT2D eigenvalue weighted by molar-refractivity contribution is -0.110. The topological polar surface area (TPSA) is 49.3 Å². The normalized spacial score (nSPS) is 51.9. The highest BCUT2D eigenvalue weighted by atomic mass is 35.5. The van der Waals surface area contributed by atoms with Crippen molar-refractivity contribution in [2.75, 3.05) is 0 Å². The Bertz CT molecular complexity index is 209. The number of hydrogen-bond acceptors (Lipinski definition) is 3. The quantitative estimate of drug-likeness (QED) is 0.454. The maximum atomic E-state index is 10.4. The van der Waals surface area contributed by atoms with Crippen molar-refractivity contribution < 1.29 is 9.90 Å². The Morgan fingerprint density at radius 2 is 2.09 bits per heavy atom. The van der Waals surface area contributed by atoms with Gasteiger partial charge in [0.15, 0.2) is 0 Å². The Labute approximate surface area is 73.7 Å². The molecular weight excluding hydrogens is 189 g/mol. The van der Waals surface area contributed by atoms with E-state index < -0.39 is 10.6 Å². The molecule has 62 valence electrons. The Hall–Kier alpha value is 0.170. The van der Waals surface area contributed by atoms with Crippen molar-refractivity contribution in [3.8, 4) is 0 Å². The molecule has 2 N–H and O–H groups in total. The molecule has 4 atom stereocenters. The van der Waals surface area contributed by atoms with Gasteiger partial charge in [0.05, 0.1) is 6.04 Å². The minimum Gasteiger partial charge on any atom is -0.378 e. The zero-order valence-electron chi connectivity index (χ0n) is 5.50. The molecule has 0 aromatic rings. The number of halogens is 2. The lowest BCUT2D eigenvalue weighted by Gasteiger charge is -2.14. The summed E-state index contributed by atoms with van der Waals surface area (Å²) in [5.74, 6) is -0.292. The molecule has 2 rings (SSSR count). The van der Waals surface area contributed by atoms with Gasteiger partial charge in [-0.2, -0.15) is 0 Å². The van der Waals surface area contributed by atoms with Crippen LogP contribution in [0, 0.1) is 11.8 Å². The molecule has 0 aromatic heterocycles. The predicted octanol–water partition coefficient (Wildman–Crippen LogP) is -0.105. The van der Waals surface area contributed by atoms with Crippen LogP contribution < -0.4 is 5.32 Å². The highest BCUT2D eigenvalue weighted by Gasteiger charge is 2.73. The van der Waals surface area contributed by atoms with Crippen molar-refractivity contribution in [3.63, 3.8) is 0 Å². The van der Waals surface area contributed by atoms with Crippen LogP contribution in [-0.2, 0) is 4.79 Å². The number of aldehydes is 1. The van der Waals surface area contributed by atoms with Crippen LogP contribution in [0.4, 0.5) is 0 Å². The fourth-order valence-corrected chi connectivity index (χ4v) is 2.70. The van der Waals surface area contributed by atoms with Crippen molar-refractivity contribution >= 4 is 29.5 Å². The van der Waals surface area contributed by atoms with Crippen LogP contribution in [0.1, 0.15) is 0 Å². The number of nitrogens with one attached hydrogen (secondary N) is 1. The van der Waals surface area contributed by atoms with E-state index >= 15 is 0 Å². The lowest BCUT2D eigenvalue weighted by Crippen LogP contribution is -2.38. The number of rotatable bonds is 1. The number of aliphatic hydroxyl groups excluding tert-OH is 1. The minimum atomic E-state index is -0.893. The number of alkyl halides is 2. The molecule has 0 radical (unpaired) electrons. The van der Waals surface area contributed by atoms with Crippen LogP contribution in [0.15, 0.2) is 0 Å². The number of hydrogen-bond donors (Lipinski definition) is 2. The minimum absolute atomic E-state index is 0.113. The maximum Gasteiger partial charge on any atom is 0.137 e. The molecular formula is C6H7Cl2NO2. The van der Waals surface area contributed by atoms with Gasteiger partial charge in [-0.25, -0.2) is 0 Å². The van der Waals surface area contributed by atoms with E-state index in [0.717, 1.165) is 6.29 Å². The van der Waals surface area contributed by atoms with Crippen LogP contribution in [0.2, 0.25) is 0 Å². The molecule has 0 bridgehead atoms. The van der Waals surface area contributed by atoms with Gasteiger partial charge in [0.1, 0.15) is 16.8 Å². The molecule has 0 amide bonds. The van der Waals surface area contributed by atoms with Crippen LogP contribution in [0.3, 0.4) is 0 Å². The van der Waals surface area contributed by atoms with Gasteiger partial charge in [-0.05, 0) is 0 Å². The lowest BCUT2D eigenvalue weighted by atomic mass is 10.2. The van der Waals surface area contributed by atoms with Gasteiger partial charge >= 0.3 is 0 Å². The molecule has 0 spiro atoms. The Morgan fingerprint density at radius 3 is 2.36 bits per heavy atom. The van der Waals surface area contributed by atoms with Crippen molar-refractivity contribution in [1.29, 1.82) is 0 Å². The molecule has 1 saturated heterocycles. The third-order valence-corrected chi connectivity index (χ3v) is 3.41. The van der Waals surface area contributed by atoms with E-state index in [1.165, 1.54) is 0 Å². The first kappa shape index (κ1) is 7.80. The van der Waals surface area contributed by atoms with Gasteiger partial charge in [0.25, 0.3) is 0 Å². The second-order valence-corrected chi connectivity index (χ2v) is 4.44. The molecule has 1 saturated carbocycles. The van der Waals surface area contributed by atoms with Gasteiger partial charge in [-0.1, -0.05) is 0 Å². The first-order valence-corrected chi connectivity index (χ1v) is 4.12. The number of aliphatic hydroxyl groups is 1. The van der Waals surface area contributed by atoms with Crippen molar-refractivity contribution in [1.82, 2.24) is 5.32 Å². The Morgan fingerprint density at radius 1 is 1.45 bits per heavy atom. The molecule has 0 aromatic carbocycles. The molecule has 5 heteroatoms. The van der Waals surface area contributed by atoms with Gasteiger partial charge in [-0.3, -0.25) is 5.32 Å².